The van der Waals surface area contributed by atoms with Crippen LogP contribution in [0.3, 0.4) is 0 Å². The first-order chi connectivity index (χ1) is 9.08. The Morgan fingerprint density at radius 2 is 2.05 bits per heavy atom. The zero-order valence-corrected chi connectivity index (χ0v) is 10.4. The summed E-state index contributed by atoms with van der Waals surface area (Å²) < 4.78 is 31.9. The number of benzene rings is 1. The number of nitrogens with two attached hydrogens (primary N) is 1. The summed E-state index contributed by atoms with van der Waals surface area (Å²) in [4.78, 5) is 11.8. The fourth-order valence-corrected chi connectivity index (χ4v) is 2.06. The monoisotopic (exact) mass is 270 g/mol. The first-order valence-electron chi connectivity index (χ1n) is 6.18. The van der Waals surface area contributed by atoms with Crippen LogP contribution in [0.2, 0.25) is 0 Å². The van der Waals surface area contributed by atoms with Gasteiger partial charge in [0.2, 0.25) is 0 Å². The van der Waals surface area contributed by atoms with Crippen LogP contribution in [0.4, 0.5) is 14.5 Å². The number of nitrogen functional groups attached to an aromatic ring is 1. The Hall–Kier alpha value is -1.69. The number of hydrogen-bond acceptors (Lipinski definition) is 3. The molecule has 6 heteroatoms. The van der Waals surface area contributed by atoms with Crippen LogP contribution in [0, 0.1) is 17.6 Å². The molecule has 3 N–H and O–H groups in total. The van der Waals surface area contributed by atoms with Gasteiger partial charge < -0.3 is 15.8 Å². The Balaban J connectivity index is 1.99. The smallest absolute Gasteiger partial charge is 0.254 e. The summed E-state index contributed by atoms with van der Waals surface area (Å²) in [5.41, 5.74) is 4.57. The maximum absolute atomic E-state index is 13.6. The van der Waals surface area contributed by atoms with Crippen molar-refractivity contribution in [2.75, 3.05) is 25.5 Å². The highest BCUT2D eigenvalue weighted by Crippen LogP contribution is 2.18. The van der Waals surface area contributed by atoms with E-state index in [9.17, 15) is 13.6 Å². The molecule has 0 atom stereocenters. The van der Waals surface area contributed by atoms with Crippen LogP contribution in [0.25, 0.3) is 0 Å². The van der Waals surface area contributed by atoms with Gasteiger partial charge in [-0.1, -0.05) is 0 Å². The van der Waals surface area contributed by atoms with E-state index >= 15 is 0 Å². The third kappa shape index (κ3) is 3.41. The van der Waals surface area contributed by atoms with E-state index in [1.807, 2.05) is 0 Å². The number of halogens is 2. The minimum atomic E-state index is -0.883. The molecule has 19 heavy (non-hydrogen) atoms. The molecule has 1 aromatic carbocycles. The van der Waals surface area contributed by atoms with Gasteiger partial charge in [-0.3, -0.25) is 4.79 Å². The minimum absolute atomic E-state index is 0.312. The van der Waals surface area contributed by atoms with Gasteiger partial charge in [-0.2, -0.15) is 0 Å². The Morgan fingerprint density at radius 1 is 1.37 bits per heavy atom. The van der Waals surface area contributed by atoms with Crippen molar-refractivity contribution in [1.29, 1.82) is 0 Å². The average Bonchev–Trinajstić information content (AvgIpc) is 2.41. The highest BCUT2D eigenvalue weighted by Gasteiger charge is 2.18. The van der Waals surface area contributed by atoms with E-state index < -0.39 is 17.5 Å². The molecule has 2 rings (SSSR count). The van der Waals surface area contributed by atoms with Crippen LogP contribution in [-0.4, -0.2) is 25.7 Å². The lowest BCUT2D eigenvalue weighted by Crippen LogP contribution is -2.32. The number of ether oxygens (including phenoxy) is 1. The van der Waals surface area contributed by atoms with Gasteiger partial charge in [-0.15, -0.1) is 0 Å². The number of carbonyl (C=O) groups is 1. The normalized spacial score (nSPS) is 16.3. The van der Waals surface area contributed by atoms with Crippen molar-refractivity contribution in [3.63, 3.8) is 0 Å². The molecule has 4 nitrogen and oxygen atoms in total. The van der Waals surface area contributed by atoms with Crippen LogP contribution < -0.4 is 11.1 Å². The van der Waals surface area contributed by atoms with Gasteiger partial charge in [0.1, 0.15) is 5.82 Å². The molecule has 104 valence electrons. The number of amides is 1. The third-order valence-electron chi connectivity index (χ3n) is 3.20. The van der Waals surface area contributed by atoms with Crippen LogP contribution in [0.15, 0.2) is 12.1 Å². The number of nitrogens with one attached hydrogen (secondary N) is 1. The highest BCUT2D eigenvalue weighted by atomic mass is 19.1. The topological polar surface area (TPSA) is 64.4 Å². The second kappa shape index (κ2) is 5.97. The van der Waals surface area contributed by atoms with Gasteiger partial charge in [-0.25, -0.2) is 8.78 Å². The second-order valence-corrected chi connectivity index (χ2v) is 4.62. The van der Waals surface area contributed by atoms with E-state index in [1.54, 1.807) is 0 Å². The van der Waals surface area contributed by atoms with Crippen molar-refractivity contribution in [2.45, 2.75) is 12.8 Å². The maximum Gasteiger partial charge on any atom is 0.254 e. The largest absolute Gasteiger partial charge is 0.396 e. The molecule has 0 radical (unpaired) electrons. The molecular formula is C13H16F2N2O2. The summed E-state index contributed by atoms with van der Waals surface area (Å²) in [6.45, 7) is 1.77. The number of rotatable bonds is 3. The average molecular weight is 270 g/mol. The van der Waals surface area contributed by atoms with Crippen LogP contribution >= 0.6 is 0 Å². The Kier molecular flexibility index (Phi) is 4.31. The highest BCUT2D eigenvalue weighted by molar-refractivity contribution is 5.95. The summed E-state index contributed by atoms with van der Waals surface area (Å²) in [7, 11) is 0. The number of anilines is 1. The van der Waals surface area contributed by atoms with Gasteiger partial charge >= 0.3 is 0 Å². The van der Waals surface area contributed by atoms with Crippen molar-refractivity contribution in [3.8, 4) is 0 Å². The lowest BCUT2D eigenvalue weighted by Gasteiger charge is -2.22. The number of hydrogen-bond donors (Lipinski definition) is 2. The van der Waals surface area contributed by atoms with Gasteiger partial charge in [-0.05, 0) is 30.9 Å². The van der Waals surface area contributed by atoms with E-state index in [1.165, 1.54) is 0 Å². The van der Waals surface area contributed by atoms with E-state index in [4.69, 9.17) is 10.5 Å². The standard InChI is InChI=1S/C13H16F2N2O2/c14-9-5-10(12(15)11(16)6-9)13(18)17-7-8-1-3-19-4-2-8/h5-6,8H,1-4,7,16H2,(H,17,18). The van der Waals surface area contributed by atoms with Crippen LogP contribution in [0.1, 0.15) is 23.2 Å². The molecule has 0 unspecified atom stereocenters. The predicted octanol–water partition coefficient (Wildman–Crippen LogP) is 1.70. The van der Waals surface area contributed by atoms with E-state index in [0.29, 0.717) is 25.7 Å². The molecular weight excluding hydrogens is 254 g/mol. The maximum atomic E-state index is 13.6. The molecule has 0 saturated carbocycles. The molecule has 1 aliphatic rings. The molecule has 0 aliphatic carbocycles. The summed E-state index contributed by atoms with van der Waals surface area (Å²) >= 11 is 0. The predicted molar refractivity (Wildman–Crippen MR) is 66.6 cm³/mol. The van der Waals surface area contributed by atoms with Crippen molar-refractivity contribution in [1.82, 2.24) is 5.32 Å². The molecule has 1 aliphatic heterocycles. The SMILES string of the molecule is Nc1cc(F)cc(C(=O)NCC2CCOCC2)c1F. The van der Waals surface area contributed by atoms with Gasteiger partial charge in [0, 0.05) is 19.8 Å². The van der Waals surface area contributed by atoms with Crippen molar-refractivity contribution in [2.24, 2.45) is 5.92 Å². The molecule has 0 aromatic heterocycles. The van der Waals surface area contributed by atoms with Crippen molar-refractivity contribution in [3.05, 3.63) is 29.3 Å². The van der Waals surface area contributed by atoms with E-state index in [2.05, 4.69) is 5.32 Å². The van der Waals surface area contributed by atoms with Gasteiger partial charge in [0.25, 0.3) is 5.91 Å². The lowest BCUT2D eigenvalue weighted by atomic mass is 10.0. The first-order valence-corrected chi connectivity index (χ1v) is 6.18. The zero-order valence-electron chi connectivity index (χ0n) is 10.4. The fourth-order valence-electron chi connectivity index (χ4n) is 2.06. The van der Waals surface area contributed by atoms with Crippen LogP contribution in [-0.2, 0) is 4.74 Å². The zero-order chi connectivity index (χ0) is 13.8. The fraction of sp³-hybridized carbons (Fsp3) is 0.462. The Bertz CT molecular complexity index is 474. The molecule has 1 saturated heterocycles. The summed E-state index contributed by atoms with van der Waals surface area (Å²) in [6, 6.07) is 1.70. The molecule has 1 heterocycles. The third-order valence-corrected chi connectivity index (χ3v) is 3.20. The summed E-state index contributed by atoms with van der Waals surface area (Å²) in [5, 5.41) is 2.61. The molecule has 1 fully saturated rings. The lowest BCUT2D eigenvalue weighted by molar-refractivity contribution is 0.0642. The van der Waals surface area contributed by atoms with Gasteiger partial charge in [0.05, 0.1) is 11.3 Å². The van der Waals surface area contributed by atoms with Crippen molar-refractivity contribution < 1.29 is 18.3 Å². The molecule has 0 spiro atoms. The number of carbonyl (C=O) groups excluding carboxylic acids is 1. The van der Waals surface area contributed by atoms with Gasteiger partial charge in [0.15, 0.2) is 5.82 Å². The van der Waals surface area contributed by atoms with E-state index in [-0.39, 0.29) is 11.3 Å². The van der Waals surface area contributed by atoms with Crippen LogP contribution in [0.5, 0.6) is 0 Å². The summed E-state index contributed by atoms with van der Waals surface area (Å²) in [5.74, 6) is -1.94. The first kappa shape index (κ1) is 13.7. The molecule has 1 amide bonds. The minimum Gasteiger partial charge on any atom is -0.396 e. The van der Waals surface area contributed by atoms with Crippen molar-refractivity contribution >= 4 is 11.6 Å². The Morgan fingerprint density at radius 3 is 2.74 bits per heavy atom. The Labute approximate surface area is 109 Å². The quantitative estimate of drug-likeness (QED) is 0.822. The second-order valence-electron chi connectivity index (χ2n) is 4.62. The molecule has 1 aromatic rings. The summed E-state index contributed by atoms with van der Waals surface area (Å²) in [6.07, 6.45) is 1.71. The molecule has 0 bridgehead atoms. The van der Waals surface area contributed by atoms with E-state index in [0.717, 1.165) is 25.0 Å².